The molecule has 0 amide bonds. The predicted molar refractivity (Wildman–Crippen MR) is 89.3 cm³/mol. The summed E-state index contributed by atoms with van der Waals surface area (Å²) >= 11 is 1.88. The van der Waals surface area contributed by atoms with Crippen LogP contribution < -0.4 is 10.1 Å². The second kappa shape index (κ2) is 6.20. The fraction of sp³-hybridized carbons (Fsp3) is 0.444. The van der Waals surface area contributed by atoms with Gasteiger partial charge in [-0.2, -0.15) is 0 Å². The molecule has 1 aliphatic rings. The average molecular weight is 301 g/mol. The van der Waals surface area contributed by atoms with Gasteiger partial charge in [-0.1, -0.05) is 19.1 Å². The summed E-state index contributed by atoms with van der Waals surface area (Å²) in [6.07, 6.45) is 2.13. The van der Waals surface area contributed by atoms with E-state index in [-0.39, 0.29) is 0 Å². The van der Waals surface area contributed by atoms with Gasteiger partial charge < -0.3 is 10.1 Å². The van der Waals surface area contributed by atoms with E-state index in [0.29, 0.717) is 12.1 Å². The van der Waals surface area contributed by atoms with Gasteiger partial charge in [-0.15, -0.1) is 11.3 Å². The van der Waals surface area contributed by atoms with Crippen molar-refractivity contribution in [3.05, 3.63) is 51.2 Å². The van der Waals surface area contributed by atoms with Crippen molar-refractivity contribution in [1.82, 2.24) is 5.32 Å². The highest BCUT2D eigenvalue weighted by Crippen LogP contribution is 2.31. The van der Waals surface area contributed by atoms with Crippen LogP contribution in [0.2, 0.25) is 0 Å². The summed E-state index contributed by atoms with van der Waals surface area (Å²) in [7, 11) is 0. The first kappa shape index (κ1) is 14.6. The lowest BCUT2D eigenvalue weighted by molar-refractivity contribution is 0.356. The van der Waals surface area contributed by atoms with Crippen LogP contribution in [0.1, 0.15) is 53.2 Å². The molecule has 1 N–H and O–H groups in total. The summed E-state index contributed by atoms with van der Waals surface area (Å²) < 4.78 is 5.60. The lowest BCUT2D eigenvalue weighted by Gasteiger charge is -2.22. The number of hydrogen-bond donors (Lipinski definition) is 1. The maximum atomic E-state index is 5.60. The van der Waals surface area contributed by atoms with Gasteiger partial charge in [-0.3, -0.25) is 0 Å². The van der Waals surface area contributed by atoms with Gasteiger partial charge in [-0.25, -0.2) is 0 Å². The molecule has 0 saturated heterocycles. The van der Waals surface area contributed by atoms with Crippen LogP contribution in [0.5, 0.6) is 5.75 Å². The fourth-order valence-electron chi connectivity index (χ4n) is 2.94. The number of fused-ring (bicyclic) bond motifs is 1. The Balaban J connectivity index is 1.75. The Kier molecular flexibility index (Phi) is 4.32. The molecule has 0 fully saturated rings. The topological polar surface area (TPSA) is 21.3 Å². The highest BCUT2D eigenvalue weighted by molar-refractivity contribution is 7.12. The maximum Gasteiger partial charge on any atom is 0.122 e. The minimum absolute atomic E-state index is 0.387. The predicted octanol–water partition coefficient (Wildman–Crippen LogP) is 4.79. The van der Waals surface area contributed by atoms with E-state index < -0.39 is 0 Å². The molecular formula is C18H23NOS. The van der Waals surface area contributed by atoms with E-state index >= 15 is 0 Å². The van der Waals surface area contributed by atoms with E-state index in [9.17, 15) is 0 Å². The zero-order chi connectivity index (χ0) is 14.8. The Hall–Kier alpha value is -1.32. The maximum absolute atomic E-state index is 5.60. The van der Waals surface area contributed by atoms with Crippen molar-refractivity contribution in [2.75, 3.05) is 6.61 Å². The largest absolute Gasteiger partial charge is 0.493 e. The highest BCUT2D eigenvalue weighted by atomic mass is 32.1. The highest BCUT2D eigenvalue weighted by Gasteiger charge is 2.18. The molecule has 0 spiro atoms. The molecule has 2 atom stereocenters. The van der Waals surface area contributed by atoms with E-state index in [1.165, 1.54) is 20.9 Å². The van der Waals surface area contributed by atoms with E-state index in [1.54, 1.807) is 0 Å². The molecule has 0 bridgehead atoms. The molecular weight excluding hydrogens is 278 g/mol. The van der Waals surface area contributed by atoms with Crippen molar-refractivity contribution < 1.29 is 4.74 Å². The summed E-state index contributed by atoms with van der Waals surface area (Å²) in [5, 5.41) is 3.77. The van der Waals surface area contributed by atoms with E-state index in [2.05, 4.69) is 56.4 Å². The molecule has 1 aromatic heterocycles. The lowest BCUT2D eigenvalue weighted by Crippen LogP contribution is -2.23. The van der Waals surface area contributed by atoms with Gasteiger partial charge in [0.15, 0.2) is 0 Å². The van der Waals surface area contributed by atoms with Crippen molar-refractivity contribution in [1.29, 1.82) is 0 Å². The molecule has 3 rings (SSSR count). The molecule has 2 heterocycles. The normalized spacial score (nSPS) is 16.3. The van der Waals surface area contributed by atoms with Crippen molar-refractivity contribution in [2.45, 2.75) is 45.7 Å². The summed E-state index contributed by atoms with van der Waals surface area (Å²) in [5.41, 5.74) is 2.73. The lowest BCUT2D eigenvalue weighted by atomic mass is 10.00. The third kappa shape index (κ3) is 3.14. The smallest absolute Gasteiger partial charge is 0.122 e. The number of benzene rings is 1. The SMILES string of the molecule is CCC(NC(C)c1ccc(C)s1)c1ccc2c(c1)CCO2. The second-order valence-corrected chi connectivity index (χ2v) is 7.08. The molecule has 0 aliphatic carbocycles. The molecule has 112 valence electrons. The van der Waals surface area contributed by atoms with Crippen molar-refractivity contribution >= 4 is 11.3 Å². The number of thiophene rings is 1. The molecule has 0 saturated carbocycles. The Morgan fingerprint density at radius 2 is 2.14 bits per heavy atom. The standard InChI is InChI=1S/C18H23NOS/c1-4-16(19-13(3)18-8-5-12(2)21-18)14-6-7-17-15(11-14)9-10-20-17/h5-8,11,13,16,19H,4,9-10H2,1-3H3. The molecule has 1 aromatic carbocycles. The number of aryl methyl sites for hydroxylation is 1. The minimum atomic E-state index is 0.387. The third-order valence-corrected chi connectivity index (χ3v) is 5.35. The van der Waals surface area contributed by atoms with Crippen LogP contribution in [-0.2, 0) is 6.42 Å². The first-order chi connectivity index (χ1) is 10.2. The number of rotatable bonds is 5. The van der Waals surface area contributed by atoms with E-state index in [1.807, 2.05) is 11.3 Å². The Bertz CT molecular complexity index is 619. The first-order valence-corrected chi connectivity index (χ1v) is 8.57. The summed E-state index contributed by atoms with van der Waals surface area (Å²) in [5.74, 6) is 1.07. The van der Waals surface area contributed by atoms with Crippen LogP contribution in [0.3, 0.4) is 0 Å². The quantitative estimate of drug-likeness (QED) is 0.857. The van der Waals surface area contributed by atoms with Crippen molar-refractivity contribution in [3.8, 4) is 5.75 Å². The third-order valence-electron chi connectivity index (χ3n) is 4.16. The Morgan fingerprint density at radius 3 is 2.86 bits per heavy atom. The van der Waals surface area contributed by atoms with Crippen LogP contribution in [0.25, 0.3) is 0 Å². The summed E-state index contributed by atoms with van der Waals surface area (Å²) in [6, 6.07) is 11.9. The zero-order valence-electron chi connectivity index (χ0n) is 13.0. The summed E-state index contributed by atoms with van der Waals surface area (Å²) in [6.45, 7) is 7.49. The van der Waals surface area contributed by atoms with Crippen molar-refractivity contribution in [2.24, 2.45) is 0 Å². The van der Waals surface area contributed by atoms with Gasteiger partial charge in [0.25, 0.3) is 0 Å². The van der Waals surface area contributed by atoms with E-state index in [0.717, 1.165) is 25.2 Å². The van der Waals surface area contributed by atoms with Gasteiger partial charge in [0.05, 0.1) is 6.61 Å². The zero-order valence-corrected chi connectivity index (χ0v) is 13.8. The van der Waals surface area contributed by atoms with Gasteiger partial charge in [0, 0.05) is 28.3 Å². The number of hydrogen-bond acceptors (Lipinski definition) is 3. The van der Waals surface area contributed by atoms with Crippen LogP contribution in [0, 0.1) is 6.92 Å². The summed E-state index contributed by atoms with van der Waals surface area (Å²) in [4.78, 5) is 2.79. The number of ether oxygens (including phenoxy) is 1. The number of nitrogens with one attached hydrogen (secondary N) is 1. The monoisotopic (exact) mass is 301 g/mol. The average Bonchev–Trinajstić information content (AvgIpc) is 3.12. The Labute approximate surface area is 131 Å². The van der Waals surface area contributed by atoms with Crippen LogP contribution >= 0.6 is 11.3 Å². The van der Waals surface area contributed by atoms with E-state index in [4.69, 9.17) is 4.74 Å². The van der Waals surface area contributed by atoms with Crippen LogP contribution in [-0.4, -0.2) is 6.61 Å². The molecule has 2 nitrogen and oxygen atoms in total. The van der Waals surface area contributed by atoms with Crippen molar-refractivity contribution in [3.63, 3.8) is 0 Å². The Morgan fingerprint density at radius 1 is 1.29 bits per heavy atom. The molecule has 2 aromatic rings. The van der Waals surface area contributed by atoms with Crippen LogP contribution in [0.15, 0.2) is 30.3 Å². The molecule has 1 aliphatic heterocycles. The van der Waals surface area contributed by atoms with Gasteiger partial charge >= 0.3 is 0 Å². The molecule has 3 heteroatoms. The first-order valence-electron chi connectivity index (χ1n) is 7.75. The fourth-order valence-corrected chi connectivity index (χ4v) is 3.83. The second-order valence-electron chi connectivity index (χ2n) is 5.76. The molecule has 2 unspecified atom stereocenters. The minimum Gasteiger partial charge on any atom is -0.493 e. The van der Waals surface area contributed by atoms with Gasteiger partial charge in [0.1, 0.15) is 5.75 Å². The van der Waals surface area contributed by atoms with Gasteiger partial charge in [0.2, 0.25) is 0 Å². The van der Waals surface area contributed by atoms with Crippen LogP contribution in [0.4, 0.5) is 0 Å². The van der Waals surface area contributed by atoms with Gasteiger partial charge in [-0.05, 0) is 49.6 Å². The molecule has 21 heavy (non-hydrogen) atoms. The molecule has 0 radical (unpaired) electrons.